The molecule has 0 bridgehead atoms. The van der Waals surface area contributed by atoms with Gasteiger partial charge >= 0.3 is 0 Å². The van der Waals surface area contributed by atoms with Gasteiger partial charge in [0.15, 0.2) is 0 Å². The van der Waals surface area contributed by atoms with Crippen LogP contribution in [0.25, 0.3) is 0 Å². The lowest BCUT2D eigenvalue weighted by atomic mass is 9.77. The fourth-order valence-corrected chi connectivity index (χ4v) is 3.09. The molecule has 104 valence electrons. The molecule has 0 spiro atoms. The van der Waals surface area contributed by atoms with Crippen LogP contribution in [0.2, 0.25) is 0 Å². The molecule has 1 fully saturated rings. The maximum absolute atomic E-state index is 12.2. The molecule has 0 amide bonds. The lowest BCUT2D eigenvalue weighted by molar-refractivity contribution is -0.123. The minimum Gasteiger partial charge on any atom is -0.299 e. The van der Waals surface area contributed by atoms with Crippen LogP contribution in [0, 0.1) is 5.92 Å². The van der Waals surface area contributed by atoms with Gasteiger partial charge < -0.3 is 0 Å². The first-order valence-corrected chi connectivity index (χ1v) is 7.86. The Hall–Kier alpha value is -1.11. The van der Waals surface area contributed by atoms with E-state index in [2.05, 4.69) is 38.1 Å². The minimum atomic E-state index is 0.169. The number of aryl methyl sites for hydroxylation is 1. The van der Waals surface area contributed by atoms with E-state index in [9.17, 15) is 4.79 Å². The molecule has 0 heterocycles. The van der Waals surface area contributed by atoms with E-state index in [1.165, 1.54) is 30.4 Å². The van der Waals surface area contributed by atoms with Gasteiger partial charge in [0.1, 0.15) is 5.78 Å². The van der Waals surface area contributed by atoms with E-state index in [-0.39, 0.29) is 5.92 Å². The molecule has 0 saturated heterocycles. The highest BCUT2D eigenvalue weighted by molar-refractivity contribution is 5.86. The third-order valence-electron chi connectivity index (χ3n) is 4.52. The van der Waals surface area contributed by atoms with Gasteiger partial charge in [-0.1, -0.05) is 51.0 Å². The van der Waals surface area contributed by atoms with E-state index in [1.54, 1.807) is 0 Å². The molecule has 1 saturated carbocycles. The summed E-state index contributed by atoms with van der Waals surface area (Å²) in [4.78, 5) is 12.2. The fourth-order valence-electron chi connectivity index (χ4n) is 3.09. The zero-order valence-corrected chi connectivity index (χ0v) is 12.3. The van der Waals surface area contributed by atoms with Crippen molar-refractivity contribution < 1.29 is 4.79 Å². The third kappa shape index (κ3) is 3.68. The Morgan fingerprint density at radius 1 is 1.11 bits per heavy atom. The van der Waals surface area contributed by atoms with Crippen molar-refractivity contribution in [2.45, 2.75) is 64.7 Å². The molecule has 1 aliphatic rings. The Bertz CT molecular complexity index is 404. The Labute approximate surface area is 117 Å². The monoisotopic (exact) mass is 258 g/mol. The summed E-state index contributed by atoms with van der Waals surface area (Å²) in [5.41, 5.74) is 2.64. The number of carbonyl (C=O) groups is 1. The van der Waals surface area contributed by atoms with Crippen LogP contribution in [0.5, 0.6) is 0 Å². The van der Waals surface area contributed by atoms with Gasteiger partial charge in [-0.2, -0.15) is 0 Å². The maximum atomic E-state index is 12.2. The summed E-state index contributed by atoms with van der Waals surface area (Å²) in [5.74, 6) is 1.26. The zero-order chi connectivity index (χ0) is 13.7. The summed E-state index contributed by atoms with van der Waals surface area (Å²) in [6, 6.07) is 8.79. The van der Waals surface area contributed by atoms with Crippen molar-refractivity contribution in [1.82, 2.24) is 0 Å². The lowest BCUT2D eigenvalue weighted by Gasteiger charge is -2.27. The van der Waals surface area contributed by atoms with Crippen LogP contribution in [-0.2, 0) is 11.2 Å². The first-order valence-electron chi connectivity index (χ1n) is 7.86. The molecule has 0 aliphatic heterocycles. The highest BCUT2D eigenvalue weighted by Crippen LogP contribution is 2.34. The molecule has 0 N–H and O–H groups in total. The molecule has 0 radical (unpaired) electrons. The van der Waals surface area contributed by atoms with Crippen molar-refractivity contribution in [2.75, 3.05) is 0 Å². The van der Waals surface area contributed by atoms with Crippen LogP contribution < -0.4 is 0 Å². The van der Waals surface area contributed by atoms with E-state index < -0.39 is 0 Å². The second kappa shape index (κ2) is 6.88. The third-order valence-corrected chi connectivity index (χ3v) is 4.52. The molecule has 0 unspecified atom stereocenters. The van der Waals surface area contributed by atoms with Crippen molar-refractivity contribution in [3.63, 3.8) is 0 Å². The second-order valence-corrected chi connectivity index (χ2v) is 5.92. The summed E-state index contributed by atoms with van der Waals surface area (Å²) < 4.78 is 0. The van der Waals surface area contributed by atoms with Crippen molar-refractivity contribution in [3.8, 4) is 0 Å². The summed E-state index contributed by atoms with van der Waals surface area (Å²) >= 11 is 0. The quantitative estimate of drug-likeness (QED) is 0.734. The van der Waals surface area contributed by atoms with Gasteiger partial charge in [-0.25, -0.2) is 0 Å². The molecule has 2 atom stereocenters. The van der Waals surface area contributed by atoms with Gasteiger partial charge in [-0.05, 0) is 42.7 Å². The van der Waals surface area contributed by atoms with Crippen molar-refractivity contribution in [1.29, 1.82) is 0 Å². The summed E-state index contributed by atoms with van der Waals surface area (Å²) in [6.45, 7) is 4.42. The summed E-state index contributed by atoms with van der Waals surface area (Å²) in [6.07, 6.45) is 7.85. The van der Waals surface area contributed by atoms with Crippen molar-refractivity contribution in [3.05, 3.63) is 35.4 Å². The van der Waals surface area contributed by atoms with Crippen molar-refractivity contribution >= 4 is 5.78 Å². The Morgan fingerprint density at radius 2 is 1.84 bits per heavy atom. The summed E-state index contributed by atoms with van der Waals surface area (Å²) in [7, 11) is 0. The predicted molar refractivity (Wildman–Crippen MR) is 80.4 cm³/mol. The van der Waals surface area contributed by atoms with Gasteiger partial charge in [0.25, 0.3) is 0 Å². The number of hydrogen-bond acceptors (Lipinski definition) is 1. The Kier molecular flexibility index (Phi) is 5.18. The number of Topliss-reactive ketones (excluding diaryl/α,β-unsaturated/α-hetero) is 1. The van der Waals surface area contributed by atoms with Crippen LogP contribution in [0.15, 0.2) is 24.3 Å². The SMILES string of the molecule is CCCCc1ccc([C@H]2CC[C@H](CC)CC2=O)cc1. The second-order valence-electron chi connectivity index (χ2n) is 5.92. The molecular weight excluding hydrogens is 232 g/mol. The Morgan fingerprint density at radius 3 is 2.42 bits per heavy atom. The molecule has 1 heteroatoms. The molecule has 1 nitrogen and oxygen atoms in total. The van der Waals surface area contributed by atoms with E-state index in [0.717, 1.165) is 25.7 Å². The molecule has 1 aromatic carbocycles. The van der Waals surface area contributed by atoms with Crippen molar-refractivity contribution in [2.24, 2.45) is 5.92 Å². The molecule has 0 aromatic heterocycles. The smallest absolute Gasteiger partial charge is 0.140 e. The Balaban J connectivity index is 2.00. The fraction of sp³-hybridized carbons (Fsp3) is 0.611. The number of benzene rings is 1. The average molecular weight is 258 g/mol. The maximum Gasteiger partial charge on any atom is 0.140 e. The van der Waals surface area contributed by atoms with Crippen LogP contribution in [0.3, 0.4) is 0 Å². The topological polar surface area (TPSA) is 17.1 Å². The van der Waals surface area contributed by atoms with E-state index in [1.807, 2.05) is 0 Å². The van der Waals surface area contributed by atoms with Gasteiger partial charge in [0, 0.05) is 12.3 Å². The number of hydrogen-bond donors (Lipinski definition) is 0. The molecular formula is C18H26O. The highest BCUT2D eigenvalue weighted by Gasteiger charge is 2.28. The molecule has 1 aliphatic carbocycles. The first-order chi connectivity index (χ1) is 9.24. The van der Waals surface area contributed by atoms with Crippen LogP contribution >= 0.6 is 0 Å². The van der Waals surface area contributed by atoms with Crippen LogP contribution in [-0.4, -0.2) is 5.78 Å². The molecule has 19 heavy (non-hydrogen) atoms. The zero-order valence-electron chi connectivity index (χ0n) is 12.3. The van der Waals surface area contributed by atoms with Gasteiger partial charge in [0.2, 0.25) is 0 Å². The summed E-state index contributed by atoms with van der Waals surface area (Å²) in [5, 5.41) is 0. The van der Waals surface area contributed by atoms with Gasteiger partial charge in [-0.3, -0.25) is 4.79 Å². The van der Waals surface area contributed by atoms with E-state index >= 15 is 0 Å². The van der Waals surface area contributed by atoms with Crippen LogP contribution in [0.1, 0.15) is 69.4 Å². The normalized spacial score (nSPS) is 23.6. The predicted octanol–water partition coefficient (Wildman–Crippen LogP) is 4.89. The van der Waals surface area contributed by atoms with Gasteiger partial charge in [-0.15, -0.1) is 0 Å². The number of carbonyl (C=O) groups excluding carboxylic acids is 1. The van der Waals surface area contributed by atoms with Crippen LogP contribution in [0.4, 0.5) is 0 Å². The first kappa shape index (κ1) is 14.3. The average Bonchev–Trinajstić information content (AvgIpc) is 2.45. The lowest BCUT2D eigenvalue weighted by Crippen LogP contribution is -2.23. The van der Waals surface area contributed by atoms with E-state index in [4.69, 9.17) is 0 Å². The van der Waals surface area contributed by atoms with E-state index in [0.29, 0.717) is 11.7 Å². The standard InChI is InChI=1S/C18H26O/c1-3-5-6-15-7-10-16(11-8-15)17-12-9-14(4-2)13-18(17)19/h7-8,10-11,14,17H,3-6,9,12-13H2,1-2H3/t14-,17+/m0/s1. The molecule has 2 rings (SSSR count). The number of ketones is 1. The number of rotatable bonds is 5. The minimum absolute atomic E-state index is 0.169. The van der Waals surface area contributed by atoms with Gasteiger partial charge in [0.05, 0.1) is 0 Å². The molecule has 1 aromatic rings. The highest BCUT2D eigenvalue weighted by atomic mass is 16.1. The largest absolute Gasteiger partial charge is 0.299 e. The number of unbranched alkanes of at least 4 members (excludes halogenated alkanes) is 1.